The molecule has 0 unspecified atom stereocenters. The molecule has 0 aliphatic carbocycles. The summed E-state index contributed by atoms with van der Waals surface area (Å²) in [5.41, 5.74) is 0.363. The van der Waals surface area contributed by atoms with E-state index in [9.17, 15) is 9.59 Å². The molecule has 6 nitrogen and oxygen atoms in total. The molecular weight excluding hydrogens is 324 g/mol. The van der Waals surface area contributed by atoms with Gasteiger partial charge in [-0.05, 0) is 37.3 Å². The third-order valence-electron chi connectivity index (χ3n) is 3.44. The summed E-state index contributed by atoms with van der Waals surface area (Å²) in [6, 6.07) is 13.7. The van der Waals surface area contributed by atoms with Crippen LogP contribution in [0.25, 0.3) is 0 Å². The van der Waals surface area contributed by atoms with Gasteiger partial charge in [-0.25, -0.2) is 4.79 Å². The van der Waals surface area contributed by atoms with E-state index in [0.717, 1.165) is 0 Å². The standard InChI is InChI=1S/C19H20O6/c1-13(25-15-7-5-4-6-8-15)19(21)24-12-16(20)14-9-10-17(22-2)18(11-14)23-3/h4-11,13H,12H2,1-3H3/t13-/m0/s1. The fraction of sp³-hybridized carbons (Fsp3) is 0.263. The molecule has 1 atom stereocenters. The molecule has 0 spiro atoms. The molecule has 0 N–H and O–H groups in total. The molecule has 2 aromatic rings. The number of carbonyl (C=O) groups is 2. The molecule has 0 aliphatic heterocycles. The average Bonchev–Trinajstić information content (AvgIpc) is 2.65. The van der Waals surface area contributed by atoms with Gasteiger partial charge in [0.15, 0.2) is 30.0 Å². The monoisotopic (exact) mass is 344 g/mol. The average molecular weight is 344 g/mol. The molecule has 2 aromatic carbocycles. The van der Waals surface area contributed by atoms with Crippen molar-refractivity contribution in [2.45, 2.75) is 13.0 Å². The van der Waals surface area contributed by atoms with Crippen molar-refractivity contribution in [2.24, 2.45) is 0 Å². The molecule has 132 valence electrons. The fourth-order valence-electron chi connectivity index (χ4n) is 2.10. The van der Waals surface area contributed by atoms with Gasteiger partial charge in [0.2, 0.25) is 0 Å². The Morgan fingerprint density at radius 1 is 0.960 bits per heavy atom. The molecule has 0 heterocycles. The molecule has 0 fully saturated rings. The minimum Gasteiger partial charge on any atom is -0.493 e. The summed E-state index contributed by atoms with van der Waals surface area (Å²) in [6.07, 6.45) is -0.819. The highest BCUT2D eigenvalue weighted by Crippen LogP contribution is 2.27. The molecule has 0 amide bonds. The largest absolute Gasteiger partial charge is 0.493 e. The van der Waals surface area contributed by atoms with E-state index >= 15 is 0 Å². The number of carbonyl (C=O) groups excluding carboxylic acids is 2. The third kappa shape index (κ3) is 4.97. The minimum atomic E-state index is -0.819. The second-order valence-electron chi connectivity index (χ2n) is 5.17. The Balaban J connectivity index is 1.91. The highest BCUT2D eigenvalue weighted by molar-refractivity contribution is 5.98. The van der Waals surface area contributed by atoms with Crippen molar-refractivity contribution >= 4 is 11.8 Å². The van der Waals surface area contributed by atoms with E-state index in [1.807, 2.05) is 6.07 Å². The van der Waals surface area contributed by atoms with Gasteiger partial charge in [0.25, 0.3) is 0 Å². The van der Waals surface area contributed by atoms with E-state index in [2.05, 4.69) is 0 Å². The van der Waals surface area contributed by atoms with Crippen LogP contribution in [0.1, 0.15) is 17.3 Å². The third-order valence-corrected chi connectivity index (χ3v) is 3.44. The summed E-state index contributed by atoms with van der Waals surface area (Å²) in [7, 11) is 2.99. The molecule has 25 heavy (non-hydrogen) atoms. The van der Waals surface area contributed by atoms with E-state index in [-0.39, 0.29) is 12.4 Å². The van der Waals surface area contributed by atoms with Crippen LogP contribution in [-0.4, -0.2) is 38.7 Å². The van der Waals surface area contributed by atoms with Gasteiger partial charge in [-0.15, -0.1) is 0 Å². The molecule has 0 radical (unpaired) electrons. The number of esters is 1. The smallest absolute Gasteiger partial charge is 0.347 e. The van der Waals surface area contributed by atoms with Crippen LogP contribution in [0.15, 0.2) is 48.5 Å². The molecule has 0 aromatic heterocycles. The SMILES string of the molecule is COc1ccc(C(=O)COC(=O)[C@H](C)Oc2ccccc2)cc1OC. The summed E-state index contributed by atoms with van der Waals surface area (Å²) >= 11 is 0. The maximum atomic E-state index is 12.2. The highest BCUT2D eigenvalue weighted by Gasteiger charge is 2.19. The zero-order valence-corrected chi connectivity index (χ0v) is 14.4. The number of para-hydroxylation sites is 1. The van der Waals surface area contributed by atoms with E-state index in [1.54, 1.807) is 49.4 Å². The van der Waals surface area contributed by atoms with Crippen molar-refractivity contribution in [3.63, 3.8) is 0 Å². The number of ether oxygens (including phenoxy) is 4. The first-order chi connectivity index (χ1) is 12.0. The van der Waals surface area contributed by atoms with E-state index in [4.69, 9.17) is 18.9 Å². The Bertz CT molecular complexity index is 726. The topological polar surface area (TPSA) is 71.1 Å². The van der Waals surface area contributed by atoms with Crippen LogP contribution in [-0.2, 0) is 9.53 Å². The number of hydrogen-bond acceptors (Lipinski definition) is 6. The second-order valence-corrected chi connectivity index (χ2v) is 5.17. The van der Waals surface area contributed by atoms with Crippen molar-refractivity contribution in [1.82, 2.24) is 0 Å². The molecule has 0 bridgehead atoms. The lowest BCUT2D eigenvalue weighted by Crippen LogP contribution is -2.28. The Hall–Kier alpha value is -3.02. The van der Waals surface area contributed by atoms with Crippen LogP contribution in [0.2, 0.25) is 0 Å². The zero-order chi connectivity index (χ0) is 18.2. The lowest BCUT2D eigenvalue weighted by atomic mass is 10.1. The van der Waals surface area contributed by atoms with Crippen LogP contribution >= 0.6 is 0 Å². The van der Waals surface area contributed by atoms with Crippen LogP contribution in [0.3, 0.4) is 0 Å². The van der Waals surface area contributed by atoms with Crippen molar-refractivity contribution in [1.29, 1.82) is 0 Å². The van der Waals surface area contributed by atoms with Crippen molar-refractivity contribution in [2.75, 3.05) is 20.8 Å². The van der Waals surface area contributed by atoms with Gasteiger partial charge >= 0.3 is 5.97 Å². The maximum absolute atomic E-state index is 12.2. The van der Waals surface area contributed by atoms with Crippen LogP contribution in [0.5, 0.6) is 17.2 Å². The number of hydrogen-bond donors (Lipinski definition) is 0. The summed E-state index contributed by atoms with van der Waals surface area (Å²) in [4.78, 5) is 24.1. The minimum absolute atomic E-state index is 0.346. The Morgan fingerprint density at radius 2 is 1.64 bits per heavy atom. The number of benzene rings is 2. The van der Waals surface area contributed by atoms with Gasteiger partial charge in [0.05, 0.1) is 14.2 Å². The van der Waals surface area contributed by atoms with Gasteiger partial charge in [-0.2, -0.15) is 0 Å². The van der Waals surface area contributed by atoms with Crippen LogP contribution in [0.4, 0.5) is 0 Å². The first-order valence-electron chi connectivity index (χ1n) is 7.68. The number of rotatable bonds is 8. The summed E-state index contributed by atoms with van der Waals surface area (Å²) < 4.78 is 20.8. The Kier molecular flexibility index (Phi) is 6.39. The quantitative estimate of drug-likeness (QED) is 0.542. The predicted molar refractivity (Wildman–Crippen MR) is 91.4 cm³/mol. The Labute approximate surface area is 146 Å². The van der Waals surface area contributed by atoms with Gasteiger partial charge in [-0.3, -0.25) is 4.79 Å². The van der Waals surface area contributed by atoms with E-state index < -0.39 is 12.1 Å². The molecule has 2 rings (SSSR count). The lowest BCUT2D eigenvalue weighted by molar-refractivity contribution is -0.149. The zero-order valence-electron chi connectivity index (χ0n) is 14.4. The maximum Gasteiger partial charge on any atom is 0.347 e. The summed E-state index contributed by atoms with van der Waals surface area (Å²) in [6.45, 7) is 1.19. The molecular formula is C19H20O6. The molecule has 6 heteroatoms. The van der Waals surface area contributed by atoms with Crippen LogP contribution in [0, 0.1) is 0 Å². The normalized spacial score (nSPS) is 11.3. The number of methoxy groups -OCH3 is 2. The highest BCUT2D eigenvalue weighted by atomic mass is 16.6. The summed E-state index contributed by atoms with van der Waals surface area (Å²) in [5, 5.41) is 0. The predicted octanol–water partition coefficient (Wildman–Crippen LogP) is 2.90. The first-order valence-corrected chi connectivity index (χ1v) is 7.68. The lowest BCUT2D eigenvalue weighted by Gasteiger charge is -2.14. The van der Waals surface area contributed by atoms with Crippen molar-refractivity contribution in [3.05, 3.63) is 54.1 Å². The summed E-state index contributed by atoms with van der Waals surface area (Å²) in [5.74, 6) is 0.540. The van der Waals surface area contributed by atoms with E-state index in [0.29, 0.717) is 22.8 Å². The number of ketones is 1. The first kappa shape index (κ1) is 18.3. The molecule has 0 aliphatic rings. The molecule has 0 saturated heterocycles. The molecule has 0 saturated carbocycles. The van der Waals surface area contributed by atoms with Gasteiger partial charge in [-0.1, -0.05) is 18.2 Å². The van der Waals surface area contributed by atoms with Gasteiger partial charge in [0.1, 0.15) is 5.75 Å². The second kappa shape index (κ2) is 8.73. The fourth-order valence-corrected chi connectivity index (χ4v) is 2.10. The van der Waals surface area contributed by atoms with Crippen molar-refractivity contribution < 1.29 is 28.5 Å². The van der Waals surface area contributed by atoms with E-state index in [1.165, 1.54) is 14.2 Å². The van der Waals surface area contributed by atoms with Gasteiger partial charge < -0.3 is 18.9 Å². The van der Waals surface area contributed by atoms with Crippen LogP contribution < -0.4 is 14.2 Å². The number of Topliss-reactive ketones (excluding diaryl/α,β-unsaturated/α-hetero) is 1. The Morgan fingerprint density at radius 3 is 2.28 bits per heavy atom. The van der Waals surface area contributed by atoms with Gasteiger partial charge in [0, 0.05) is 5.56 Å². The van der Waals surface area contributed by atoms with Crippen molar-refractivity contribution in [3.8, 4) is 17.2 Å².